The Morgan fingerprint density at radius 1 is 1.14 bits per heavy atom. The second-order valence-electron chi connectivity index (χ2n) is 5.13. The minimum Gasteiger partial charge on any atom is -0.308 e. The fourth-order valence-electron chi connectivity index (χ4n) is 2.97. The molecule has 3 saturated heterocycles. The molecular weight excluding hydrogens is 174 g/mol. The van der Waals surface area contributed by atoms with E-state index in [2.05, 4.69) is 42.6 Å². The van der Waals surface area contributed by atoms with Crippen LogP contribution >= 0.6 is 0 Å². The van der Waals surface area contributed by atoms with Gasteiger partial charge in [-0.05, 0) is 27.9 Å². The van der Waals surface area contributed by atoms with Gasteiger partial charge in [0.15, 0.2) is 0 Å². The van der Waals surface area contributed by atoms with E-state index in [0.29, 0.717) is 0 Å². The molecule has 3 rings (SSSR count). The molecule has 3 fully saturated rings. The average Bonchev–Trinajstić information content (AvgIpc) is 2.12. The van der Waals surface area contributed by atoms with Gasteiger partial charge in [0.05, 0.1) is 0 Å². The monoisotopic (exact) mass is 197 g/mol. The number of rotatable bonds is 2. The van der Waals surface area contributed by atoms with Gasteiger partial charge in [-0.3, -0.25) is 9.80 Å². The van der Waals surface area contributed by atoms with Gasteiger partial charge in [0, 0.05) is 44.3 Å². The number of hydrogen-bond donors (Lipinski definition) is 0. The highest BCUT2D eigenvalue weighted by molar-refractivity contribution is 4.97. The van der Waals surface area contributed by atoms with E-state index in [-0.39, 0.29) is 0 Å². The molecule has 0 radical (unpaired) electrons. The van der Waals surface area contributed by atoms with E-state index in [1.165, 1.54) is 26.2 Å². The number of nitrogens with zero attached hydrogens (tertiary/aromatic N) is 3. The van der Waals surface area contributed by atoms with Gasteiger partial charge >= 0.3 is 0 Å². The highest BCUT2D eigenvalue weighted by atomic mass is 15.4. The van der Waals surface area contributed by atoms with Crippen LogP contribution in [0.15, 0.2) is 0 Å². The van der Waals surface area contributed by atoms with Crippen molar-refractivity contribution in [2.24, 2.45) is 0 Å². The van der Waals surface area contributed by atoms with E-state index in [1.807, 2.05) is 0 Å². The zero-order chi connectivity index (χ0) is 10.3. The summed E-state index contributed by atoms with van der Waals surface area (Å²) < 4.78 is 0. The number of fused-ring (bicyclic) bond motifs is 3. The van der Waals surface area contributed by atoms with Gasteiger partial charge in [0.25, 0.3) is 0 Å². The molecule has 0 saturated carbocycles. The van der Waals surface area contributed by atoms with Crippen LogP contribution in [0.1, 0.15) is 13.8 Å². The van der Waals surface area contributed by atoms with Crippen LogP contribution in [0.3, 0.4) is 0 Å². The first-order chi connectivity index (χ1) is 6.59. The number of likely N-dealkylation sites (N-methyl/N-ethyl adjacent to an activating group) is 1. The largest absolute Gasteiger partial charge is 0.308 e. The quantitative estimate of drug-likeness (QED) is 0.631. The maximum atomic E-state index is 2.70. The van der Waals surface area contributed by atoms with Crippen LogP contribution in [-0.2, 0) is 0 Å². The highest BCUT2D eigenvalue weighted by Gasteiger charge is 2.40. The number of piperazine rings is 3. The fourth-order valence-corrected chi connectivity index (χ4v) is 2.97. The molecule has 0 spiro atoms. The third-order valence-electron chi connectivity index (χ3n) is 3.93. The van der Waals surface area contributed by atoms with E-state index < -0.39 is 0 Å². The molecule has 0 N–H and O–H groups in total. The Labute approximate surface area is 87.7 Å². The fraction of sp³-hybridized carbons (Fsp3) is 1.00. The SMILES string of the molecule is CC1C(C)N2CCN1CC2CN(C)C. The van der Waals surface area contributed by atoms with Crippen LogP contribution in [0, 0.1) is 0 Å². The maximum Gasteiger partial charge on any atom is 0.0354 e. The molecule has 0 aromatic heterocycles. The first kappa shape index (κ1) is 10.4. The molecular formula is C11H23N3. The molecule has 2 bridgehead atoms. The Bertz CT molecular complexity index is 203. The van der Waals surface area contributed by atoms with Crippen molar-refractivity contribution in [3.8, 4) is 0 Å². The standard InChI is InChI=1S/C11H23N3/c1-9-10(2)14-6-5-13(9)8-11(14)7-12(3)4/h9-11H,5-8H2,1-4H3. The van der Waals surface area contributed by atoms with Gasteiger partial charge in [-0.25, -0.2) is 0 Å². The van der Waals surface area contributed by atoms with Crippen LogP contribution in [0.5, 0.6) is 0 Å². The molecule has 5 unspecified atom stereocenters. The summed E-state index contributed by atoms with van der Waals surface area (Å²) in [7, 11) is 4.35. The zero-order valence-corrected chi connectivity index (χ0v) is 9.90. The van der Waals surface area contributed by atoms with Gasteiger partial charge in [0.1, 0.15) is 0 Å². The smallest absolute Gasteiger partial charge is 0.0354 e. The Morgan fingerprint density at radius 3 is 2.43 bits per heavy atom. The van der Waals surface area contributed by atoms with Crippen LogP contribution in [0.2, 0.25) is 0 Å². The molecule has 0 aromatic carbocycles. The molecule has 5 atom stereocenters. The van der Waals surface area contributed by atoms with Crippen LogP contribution in [-0.4, -0.2) is 73.1 Å². The van der Waals surface area contributed by atoms with Crippen molar-refractivity contribution in [2.75, 3.05) is 40.3 Å². The van der Waals surface area contributed by atoms with E-state index in [1.54, 1.807) is 0 Å². The molecule has 3 aliphatic heterocycles. The second-order valence-corrected chi connectivity index (χ2v) is 5.13. The van der Waals surface area contributed by atoms with Crippen molar-refractivity contribution in [1.82, 2.24) is 14.7 Å². The van der Waals surface area contributed by atoms with Crippen LogP contribution < -0.4 is 0 Å². The van der Waals surface area contributed by atoms with Crippen LogP contribution in [0.4, 0.5) is 0 Å². The summed E-state index contributed by atoms with van der Waals surface area (Å²) in [5, 5.41) is 0. The maximum absolute atomic E-state index is 2.70. The molecule has 3 nitrogen and oxygen atoms in total. The van der Waals surface area contributed by atoms with E-state index in [4.69, 9.17) is 0 Å². The summed E-state index contributed by atoms with van der Waals surface area (Å²) in [6.45, 7) is 9.75. The summed E-state index contributed by atoms with van der Waals surface area (Å²) in [5.41, 5.74) is 0. The first-order valence-electron chi connectivity index (χ1n) is 5.74. The minimum absolute atomic E-state index is 0.738. The van der Waals surface area contributed by atoms with Gasteiger partial charge in [-0.15, -0.1) is 0 Å². The average molecular weight is 197 g/mol. The predicted octanol–water partition coefficient (Wildman–Crippen LogP) is 0.325. The molecule has 3 aliphatic rings. The topological polar surface area (TPSA) is 9.72 Å². The second kappa shape index (κ2) is 3.80. The summed E-state index contributed by atoms with van der Waals surface area (Å²) >= 11 is 0. The lowest BCUT2D eigenvalue weighted by molar-refractivity contribution is -0.0679. The lowest BCUT2D eigenvalue weighted by Gasteiger charge is -2.55. The summed E-state index contributed by atoms with van der Waals surface area (Å²) in [4.78, 5) is 7.66. The van der Waals surface area contributed by atoms with E-state index in [9.17, 15) is 0 Å². The van der Waals surface area contributed by atoms with Crippen molar-refractivity contribution in [3.63, 3.8) is 0 Å². The van der Waals surface area contributed by atoms with Gasteiger partial charge in [-0.1, -0.05) is 0 Å². The molecule has 0 aliphatic carbocycles. The molecule has 0 aromatic rings. The third kappa shape index (κ3) is 1.69. The summed E-state index contributed by atoms with van der Waals surface area (Å²) in [6.07, 6.45) is 0. The lowest BCUT2D eigenvalue weighted by Crippen LogP contribution is -2.70. The van der Waals surface area contributed by atoms with Crippen LogP contribution in [0.25, 0.3) is 0 Å². The van der Waals surface area contributed by atoms with Crippen molar-refractivity contribution < 1.29 is 0 Å². The number of hydrogen-bond acceptors (Lipinski definition) is 3. The highest BCUT2D eigenvalue weighted by Crippen LogP contribution is 2.26. The molecule has 14 heavy (non-hydrogen) atoms. The summed E-state index contributed by atoms with van der Waals surface area (Å²) in [5.74, 6) is 0. The Hall–Kier alpha value is -0.120. The van der Waals surface area contributed by atoms with Crippen molar-refractivity contribution in [2.45, 2.75) is 32.0 Å². The van der Waals surface area contributed by atoms with E-state index >= 15 is 0 Å². The summed E-state index contributed by atoms with van der Waals surface area (Å²) in [6, 6.07) is 2.24. The minimum atomic E-state index is 0.738. The normalized spacial score (nSPS) is 47.4. The van der Waals surface area contributed by atoms with Gasteiger partial charge < -0.3 is 4.90 Å². The Kier molecular flexibility index (Phi) is 2.82. The van der Waals surface area contributed by atoms with Crippen molar-refractivity contribution in [3.05, 3.63) is 0 Å². The third-order valence-corrected chi connectivity index (χ3v) is 3.93. The predicted molar refractivity (Wildman–Crippen MR) is 59.5 cm³/mol. The van der Waals surface area contributed by atoms with Gasteiger partial charge in [0.2, 0.25) is 0 Å². The molecule has 0 amide bonds. The molecule has 3 heterocycles. The van der Waals surface area contributed by atoms with Crippen molar-refractivity contribution >= 4 is 0 Å². The first-order valence-corrected chi connectivity index (χ1v) is 5.74. The molecule has 3 heteroatoms. The Balaban J connectivity index is 2.03. The van der Waals surface area contributed by atoms with Crippen molar-refractivity contribution in [1.29, 1.82) is 0 Å². The van der Waals surface area contributed by atoms with E-state index in [0.717, 1.165) is 18.1 Å². The van der Waals surface area contributed by atoms with Gasteiger partial charge in [-0.2, -0.15) is 0 Å². The lowest BCUT2D eigenvalue weighted by atomic mass is 9.95. The molecule has 82 valence electrons. The zero-order valence-electron chi connectivity index (χ0n) is 9.90. The Morgan fingerprint density at radius 2 is 1.86 bits per heavy atom.